The Bertz CT molecular complexity index is 890. The molecule has 0 atom stereocenters. The number of carbonyl (C=O) groups is 1. The minimum absolute atomic E-state index is 0.0861. The second-order valence-corrected chi connectivity index (χ2v) is 5.80. The van der Waals surface area contributed by atoms with Crippen molar-refractivity contribution in [2.75, 3.05) is 18.4 Å². The number of phenolic OH excluding ortho intramolecular Hbond substituents is 1. The molecule has 25 heavy (non-hydrogen) atoms. The van der Waals surface area contributed by atoms with Crippen LogP contribution >= 0.6 is 0 Å². The van der Waals surface area contributed by atoms with Crippen LogP contribution in [0, 0.1) is 5.41 Å². The first-order chi connectivity index (χ1) is 12.0. The van der Waals surface area contributed by atoms with Crippen LogP contribution in [0.2, 0.25) is 0 Å². The standard InChI is InChI=1S/C17H19N5O3/c1-11(12-5-4-6-13(23)9-12)19-15-14(10-18)22(16(24)20-15)17(25)21-7-2-3-8-21/h4-6,9-10,18-19,23H,1-3,7-8H2,(H,20,24). The van der Waals surface area contributed by atoms with Crippen LogP contribution in [0.15, 0.2) is 35.6 Å². The molecule has 1 fully saturated rings. The number of aromatic amines is 1. The van der Waals surface area contributed by atoms with Crippen LogP contribution in [0.25, 0.3) is 5.70 Å². The van der Waals surface area contributed by atoms with Gasteiger partial charge in [-0.15, -0.1) is 0 Å². The van der Waals surface area contributed by atoms with Gasteiger partial charge in [0.15, 0.2) is 0 Å². The van der Waals surface area contributed by atoms with E-state index in [0.717, 1.165) is 23.6 Å². The van der Waals surface area contributed by atoms with Crippen molar-refractivity contribution in [2.24, 2.45) is 0 Å². The van der Waals surface area contributed by atoms with E-state index in [-0.39, 0.29) is 17.3 Å². The summed E-state index contributed by atoms with van der Waals surface area (Å²) in [6.45, 7) is 5.08. The van der Waals surface area contributed by atoms with E-state index in [1.54, 1.807) is 17.0 Å². The van der Waals surface area contributed by atoms with Gasteiger partial charge in [-0.2, -0.15) is 0 Å². The molecule has 2 heterocycles. The van der Waals surface area contributed by atoms with E-state index in [4.69, 9.17) is 5.41 Å². The lowest BCUT2D eigenvalue weighted by Gasteiger charge is -2.16. The molecule has 2 aromatic rings. The van der Waals surface area contributed by atoms with E-state index in [1.165, 1.54) is 12.1 Å². The molecule has 130 valence electrons. The van der Waals surface area contributed by atoms with Crippen LogP contribution in [0.1, 0.15) is 24.1 Å². The summed E-state index contributed by atoms with van der Waals surface area (Å²) in [5.74, 6) is 0.295. The van der Waals surface area contributed by atoms with Crippen molar-refractivity contribution in [1.29, 1.82) is 5.41 Å². The number of H-pyrrole nitrogens is 1. The number of amides is 1. The Kier molecular flexibility index (Phi) is 4.42. The summed E-state index contributed by atoms with van der Waals surface area (Å²) in [6, 6.07) is 6.02. The van der Waals surface area contributed by atoms with Crippen molar-refractivity contribution >= 4 is 23.8 Å². The Morgan fingerprint density at radius 1 is 1.36 bits per heavy atom. The molecule has 1 aromatic heterocycles. The quantitative estimate of drug-likeness (QED) is 0.637. The summed E-state index contributed by atoms with van der Waals surface area (Å²) < 4.78 is 0.955. The predicted octanol–water partition coefficient (Wildman–Crippen LogP) is 2.03. The van der Waals surface area contributed by atoms with Crippen molar-refractivity contribution in [1.82, 2.24) is 14.5 Å². The number of rotatable bonds is 4. The van der Waals surface area contributed by atoms with Crippen LogP contribution in [-0.4, -0.2) is 44.9 Å². The summed E-state index contributed by atoms with van der Waals surface area (Å²) in [7, 11) is 0. The molecular weight excluding hydrogens is 322 g/mol. The predicted molar refractivity (Wildman–Crippen MR) is 95.3 cm³/mol. The molecule has 0 bridgehead atoms. The van der Waals surface area contributed by atoms with E-state index in [2.05, 4.69) is 16.9 Å². The molecule has 4 N–H and O–H groups in total. The van der Waals surface area contributed by atoms with Crippen LogP contribution < -0.4 is 11.0 Å². The lowest BCUT2D eigenvalue weighted by Crippen LogP contribution is -2.38. The Morgan fingerprint density at radius 2 is 2.08 bits per heavy atom. The average molecular weight is 341 g/mol. The molecule has 1 aliphatic heterocycles. The highest BCUT2D eigenvalue weighted by Gasteiger charge is 2.25. The summed E-state index contributed by atoms with van der Waals surface area (Å²) in [5.41, 5.74) is 0.557. The molecule has 8 heteroatoms. The minimum atomic E-state index is -0.610. The van der Waals surface area contributed by atoms with E-state index >= 15 is 0 Å². The molecular formula is C17H19N5O3. The van der Waals surface area contributed by atoms with Crippen LogP contribution in [-0.2, 0) is 0 Å². The molecule has 3 rings (SSSR count). The fourth-order valence-corrected chi connectivity index (χ4v) is 2.84. The molecule has 0 radical (unpaired) electrons. The molecule has 1 aromatic carbocycles. The van der Waals surface area contributed by atoms with E-state index in [1.807, 2.05) is 0 Å². The number of phenols is 1. The number of carbonyl (C=O) groups excluding carboxylic acids is 1. The second kappa shape index (κ2) is 6.68. The molecule has 0 aliphatic carbocycles. The van der Waals surface area contributed by atoms with Gasteiger partial charge < -0.3 is 20.7 Å². The number of hydrogen-bond donors (Lipinski definition) is 4. The monoisotopic (exact) mass is 341 g/mol. The van der Waals surface area contributed by atoms with Gasteiger partial charge >= 0.3 is 11.7 Å². The van der Waals surface area contributed by atoms with Crippen LogP contribution in [0.4, 0.5) is 10.6 Å². The SMILES string of the molecule is C=C(Nc1[nH]c(=O)n(C(=O)N2CCCC2)c1C=N)c1cccc(O)c1. The van der Waals surface area contributed by atoms with Crippen molar-refractivity contribution in [3.05, 3.63) is 52.6 Å². The third kappa shape index (κ3) is 3.18. The molecule has 1 saturated heterocycles. The Hall–Kier alpha value is -3.29. The number of benzene rings is 1. The number of hydrogen-bond acceptors (Lipinski definition) is 5. The summed E-state index contributed by atoms with van der Waals surface area (Å²) in [4.78, 5) is 28.9. The van der Waals surface area contributed by atoms with Crippen LogP contribution in [0.3, 0.4) is 0 Å². The first-order valence-electron chi connectivity index (χ1n) is 7.91. The van der Waals surface area contributed by atoms with Crippen molar-refractivity contribution < 1.29 is 9.90 Å². The number of likely N-dealkylation sites (tertiary alicyclic amines) is 1. The Morgan fingerprint density at radius 3 is 2.72 bits per heavy atom. The maximum atomic E-state index is 12.5. The summed E-state index contributed by atoms with van der Waals surface area (Å²) >= 11 is 0. The third-order valence-electron chi connectivity index (χ3n) is 4.11. The zero-order valence-corrected chi connectivity index (χ0v) is 13.6. The Labute approximate surface area is 143 Å². The first kappa shape index (κ1) is 16.6. The fourth-order valence-electron chi connectivity index (χ4n) is 2.84. The zero-order chi connectivity index (χ0) is 18.0. The highest BCUT2D eigenvalue weighted by Crippen LogP contribution is 2.21. The van der Waals surface area contributed by atoms with Crippen LogP contribution in [0.5, 0.6) is 5.75 Å². The van der Waals surface area contributed by atoms with Gasteiger partial charge in [0.05, 0.1) is 0 Å². The maximum absolute atomic E-state index is 12.5. The van der Waals surface area contributed by atoms with Gasteiger partial charge in [0.25, 0.3) is 0 Å². The van der Waals surface area contributed by atoms with Gasteiger partial charge in [-0.05, 0) is 25.0 Å². The van der Waals surface area contributed by atoms with Crippen molar-refractivity contribution in [3.8, 4) is 5.75 Å². The largest absolute Gasteiger partial charge is 0.508 e. The maximum Gasteiger partial charge on any atom is 0.336 e. The van der Waals surface area contributed by atoms with Gasteiger partial charge in [0.2, 0.25) is 0 Å². The van der Waals surface area contributed by atoms with E-state index in [9.17, 15) is 14.7 Å². The highest BCUT2D eigenvalue weighted by molar-refractivity contribution is 5.92. The number of aromatic hydroxyl groups is 1. The number of aromatic nitrogens is 2. The fraction of sp³-hybridized carbons (Fsp3) is 0.235. The molecule has 0 spiro atoms. The molecule has 1 amide bonds. The van der Waals surface area contributed by atoms with Gasteiger partial charge in [0, 0.05) is 30.6 Å². The van der Waals surface area contributed by atoms with E-state index < -0.39 is 11.7 Å². The molecule has 0 saturated carbocycles. The number of nitrogens with zero attached hydrogens (tertiary/aromatic N) is 2. The molecule has 8 nitrogen and oxygen atoms in total. The van der Waals surface area contributed by atoms with Gasteiger partial charge in [0.1, 0.15) is 17.3 Å². The van der Waals surface area contributed by atoms with Gasteiger partial charge in [-0.1, -0.05) is 18.7 Å². The highest BCUT2D eigenvalue weighted by atomic mass is 16.3. The third-order valence-corrected chi connectivity index (χ3v) is 4.11. The summed E-state index contributed by atoms with van der Waals surface area (Å²) in [5, 5.41) is 20.1. The number of nitrogens with one attached hydrogen (secondary N) is 3. The number of imidazole rings is 1. The topological polar surface area (TPSA) is 114 Å². The number of anilines is 1. The Balaban J connectivity index is 1.91. The minimum Gasteiger partial charge on any atom is -0.508 e. The normalized spacial score (nSPS) is 13.7. The zero-order valence-electron chi connectivity index (χ0n) is 13.6. The van der Waals surface area contributed by atoms with Crippen molar-refractivity contribution in [2.45, 2.75) is 12.8 Å². The lowest BCUT2D eigenvalue weighted by molar-refractivity contribution is 0.209. The van der Waals surface area contributed by atoms with Gasteiger partial charge in [-0.25, -0.2) is 14.2 Å². The smallest absolute Gasteiger partial charge is 0.336 e. The lowest BCUT2D eigenvalue weighted by atomic mass is 10.1. The second-order valence-electron chi connectivity index (χ2n) is 5.80. The molecule has 0 unspecified atom stereocenters. The first-order valence-corrected chi connectivity index (χ1v) is 7.91. The van der Waals surface area contributed by atoms with E-state index in [0.29, 0.717) is 24.4 Å². The molecule has 1 aliphatic rings. The van der Waals surface area contributed by atoms with Crippen molar-refractivity contribution in [3.63, 3.8) is 0 Å². The average Bonchev–Trinajstić information content (AvgIpc) is 3.22. The summed E-state index contributed by atoms with van der Waals surface area (Å²) in [6.07, 6.45) is 2.76. The van der Waals surface area contributed by atoms with Gasteiger partial charge in [-0.3, -0.25) is 4.98 Å².